The lowest BCUT2D eigenvalue weighted by Crippen LogP contribution is -2.20. The molecular weight excluding hydrogens is 268 g/mol. The van der Waals surface area contributed by atoms with Gasteiger partial charge in [-0.25, -0.2) is 19.2 Å². The molecule has 7 nitrogen and oxygen atoms in total. The lowest BCUT2D eigenvalue weighted by atomic mass is 9.90. The molecule has 0 bridgehead atoms. The van der Waals surface area contributed by atoms with Crippen LogP contribution in [-0.2, 0) is 5.60 Å². The number of furan rings is 2. The zero-order chi connectivity index (χ0) is 14.8. The SMILES string of the molecule is CC(C)(O)c1c2c(=O)oc(=O)c2cc2c(=O)oc(=O)c12. The smallest absolute Gasteiger partial charge is 0.347 e. The summed E-state index contributed by atoms with van der Waals surface area (Å²) >= 11 is 0. The third-order valence-corrected chi connectivity index (χ3v) is 3.16. The van der Waals surface area contributed by atoms with Gasteiger partial charge in [0.15, 0.2) is 0 Å². The first-order valence-electron chi connectivity index (χ1n) is 5.68. The highest BCUT2D eigenvalue weighted by Crippen LogP contribution is 2.30. The van der Waals surface area contributed by atoms with Gasteiger partial charge in [0.05, 0.1) is 27.1 Å². The summed E-state index contributed by atoms with van der Waals surface area (Å²) in [6.07, 6.45) is 0. The van der Waals surface area contributed by atoms with Crippen molar-refractivity contribution in [1.29, 1.82) is 0 Å². The molecule has 0 amide bonds. The number of fused-ring (bicyclic) bond motifs is 2. The van der Waals surface area contributed by atoms with Crippen LogP contribution in [0.15, 0.2) is 34.1 Å². The Morgan fingerprint density at radius 3 is 1.60 bits per heavy atom. The number of hydrogen-bond donors (Lipinski definition) is 1. The topological polar surface area (TPSA) is 115 Å². The minimum absolute atomic E-state index is 0.128. The van der Waals surface area contributed by atoms with E-state index in [9.17, 15) is 24.3 Å². The Balaban J connectivity index is 2.85. The normalized spacial score (nSPS) is 12.6. The Morgan fingerprint density at radius 1 is 0.850 bits per heavy atom. The number of rotatable bonds is 1. The highest BCUT2D eigenvalue weighted by atomic mass is 16.4. The lowest BCUT2D eigenvalue weighted by molar-refractivity contribution is 0.0815. The van der Waals surface area contributed by atoms with Gasteiger partial charge in [-0.15, -0.1) is 0 Å². The molecule has 2 aromatic heterocycles. The molecule has 0 radical (unpaired) electrons. The van der Waals surface area contributed by atoms with Crippen molar-refractivity contribution in [3.63, 3.8) is 0 Å². The second kappa shape index (κ2) is 3.51. The van der Waals surface area contributed by atoms with Crippen LogP contribution in [0.3, 0.4) is 0 Å². The van der Waals surface area contributed by atoms with Crippen molar-refractivity contribution in [2.45, 2.75) is 19.4 Å². The molecule has 0 aliphatic rings. The van der Waals surface area contributed by atoms with E-state index in [1.54, 1.807) is 0 Å². The quantitative estimate of drug-likeness (QED) is 0.650. The Kier molecular flexibility index (Phi) is 2.19. The minimum atomic E-state index is -1.64. The summed E-state index contributed by atoms with van der Waals surface area (Å²) in [4.78, 5) is 46.6. The second-order valence-corrected chi connectivity index (χ2v) is 5.01. The van der Waals surface area contributed by atoms with Gasteiger partial charge >= 0.3 is 22.5 Å². The predicted octanol–water partition coefficient (Wildman–Crippen LogP) is -0.277. The molecule has 1 aromatic carbocycles. The summed E-state index contributed by atoms with van der Waals surface area (Å²) < 4.78 is 8.93. The van der Waals surface area contributed by atoms with Crippen LogP contribution in [0.4, 0.5) is 0 Å². The Hall–Kier alpha value is -2.54. The lowest BCUT2D eigenvalue weighted by Gasteiger charge is -2.18. The van der Waals surface area contributed by atoms with E-state index < -0.39 is 28.1 Å². The van der Waals surface area contributed by atoms with Gasteiger partial charge in [0.25, 0.3) is 0 Å². The first kappa shape index (κ1) is 12.5. The standard InChI is InChI=1S/C13H8O7/c1-13(2,18)8-6-4(9(14)19-11(6)16)3-5-7(8)12(17)20-10(5)15/h3,18H,1-2H3. The van der Waals surface area contributed by atoms with Crippen molar-refractivity contribution < 1.29 is 13.9 Å². The number of benzene rings is 1. The summed E-state index contributed by atoms with van der Waals surface area (Å²) in [6, 6.07) is 1.08. The Morgan fingerprint density at radius 2 is 1.25 bits per heavy atom. The van der Waals surface area contributed by atoms with Crippen molar-refractivity contribution in [2.24, 2.45) is 0 Å². The summed E-state index contributed by atoms with van der Waals surface area (Å²) in [5.74, 6) is 0. The average Bonchev–Trinajstić information content (AvgIpc) is 2.76. The minimum Gasteiger partial charge on any atom is -0.386 e. The third kappa shape index (κ3) is 1.44. The van der Waals surface area contributed by atoms with E-state index in [0.717, 1.165) is 6.07 Å². The van der Waals surface area contributed by atoms with Gasteiger partial charge in [0, 0.05) is 5.56 Å². The summed E-state index contributed by atoms with van der Waals surface area (Å²) in [7, 11) is 0. The maximum absolute atomic E-state index is 11.7. The molecule has 0 atom stereocenters. The highest BCUT2D eigenvalue weighted by molar-refractivity contribution is 6.01. The van der Waals surface area contributed by atoms with Crippen LogP contribution in [-0.4, -0.2) is 5.11 Å². The molecular formula is C13H8O7. The van der Waals surface area contributed by atoms with Crippen LogP contribution in [0, 0.1) is 0 Å². The molecule has 102 valence electrons. The van der Waals surface area contributed by atoms with Gasteiger partial charge in [0.1, 0.15) is 0 Å². The molecule has 7 heteroatoms. The van der Waals surface area contributed by atoms with Gasteiger partial charge in [-0.1, -0.05) is 0 Å². The molecule has 0 spiro atoms. The van der Waals surface area contributed by atoms with Crippen LogP contribution in [0.5, 0.6) is 0 Å². The molecule has 0 fully saturated rings. The number of aliphatic hydroxyl groups is 1. The van der Waals surface area contributed by atoms with Gasteiger partial charge in [0.2, 0.25) is 0 Å². The fourth-order valence-corrected chi connectivity index (χ4v) is 2.42. The third-order valence-electron chi connectivity index (χ3n) is 3.16. The van der Waals surface area contributed by atoms with Crippen molar-refractivity contribution in [3.8, 4) is 0 Å². The van der Waals surface area contributed by atoms with Crippen molar-refractivity contribution in [1.82, 2.24) is 0 Å². The van der Waals surface area contributed by atoms with E-state index in [1.165, 1.54) is 13.8 Å². The van der Waals surface area contributed by atoms with E-state index in [-0.39, 0.29) is 27.1 Å². The maximum Gasteiger partial charge on any atom is 0.347 e. The van der Waals surface area contributed by atoms with Gasteiger partial charge in [-0.2, -0.15) is 0 Å². The van der Waals surface area contributed by atoms with Crippen molar-refractivity contribution >= 4 is 21.5 Å². The molecule has 3 rings (SSSR count). The molecule has 0 saturated heterocycles. The zero-order valence-electron chi connectivity index (χ0n) is 10.5. The molecule has 1 N–H and O–H groups in total. The van der Waals surface area contributed by atoms with E-state index >= 15 is 0 Å². The Bertz CT molecular complexity index is 972. The van der Waals surface area contributed by atoms with Crippen molar-refractivity contribution in [2.75, 3.05) is 0 Å². The molecule has 2 heterocycles. The van der Waals surface area contributed by atoms with Gasteiger partial charge in [-0.05, 0) is 19.9 Å². The maximum atomic E-state index is 11.7. The van der Waals surface area contributed by atoms with Crippen molar-refractivity contribution in [3.05, 3.63) is 53.3 Å². The summed E-state index contributed by atoms with van der Waals surface area (Å²) in [5.41, 5.74) is -5.54. The van der Waals surface area contributed by atoms with Crippen LogP contribution in [0.1, 0.15) is 19.4 Å². The predicted molar refractivity (Wildman–Crippen MR) is 68.7 cm³/mol. The summed E-state index contributed by atoms with van der Waals surface area (Å²) in [6.45, 7) is 2.66. The van der Waals surface area contributed by atoms with Crippen LogP contribution in [0.25, 0.3) is 21.5 Å². The van der Waals surface area contributed by atoms with Crippen LogP contribution in [0.2, 0.25) is 0 Å². The van der Waals surface area contributed by atoms with E-state index in [2.05, 4.69) is 8.83 Å². The van der Waals surface area contributed by atoms with Crippen LogP contribution >= 0.6 is 0 Å². The van der Waals surface area contributed by atoms with Gasteiger partial charge in [-0.3, -0.25) is 0 Å². The fraction of sp³-hybridized carbons (Fsp3) is 0.231. The van der Waals surface area contributed by atoms with E-state index in [1.807, 2.05) is 0 Å². The molecule has 0 aliphatic heterocycles. The first-order chi connectivity index (χ1) is 9.21. The molecule has 0 unspecified atom stereocenters. The molecule has 20 heavy (non-hydrogen) atoms. The fourth-order valence-electron chi connectivity index (χ4n) is 2.42. The molecule has 0 saturated carbocycles. The molecule has 3 aromatic rings. The Labute approximate surface area is 109 Å². The zero-order valence-corrected chi connectivity index (χ0v) is 10.5. The average molecular weight is 276 g/mol. The second-order valence-electron chi connectivity index (χ2n) is 5.01. The monoisotopic (exact) mass is 276 g/mol. The summed E-state index contributed by atoms with van der Waals surface area (Å²) in [5, 5.41) is 9.48. The number of hydrogen-bond acceptors (Lipinski definition) is 7. The first-order valence-corrected chi connectivity index (χ1v) is 5.68. The van der Waals surface area contributed by atoms with Gasteiger partial charge < -0.3 is 13.9 Å². The van der Waals surface area contributed by atoms with Crippen LogP contribution < -0.4 is 22.5 Å². The molecule has 0 aliphatic carbocycles. The van der Waals surface area contributed by atoms with E-state index in [4.69, 9.17) is 0 Å². The van der Waals surface area contributed by atoms with E-state index in [0.29, 0.717) is 0 Å². The largest absolute Gasteiger partial charge is 0.386 e. The highest BCUT2D eigenvalue weighted by Gasteiger charge is 2.30.